The Hall–Kier alpha value is -5.19. The van der Waals surface area contributed by atoms with Crippen molar-refractivity contribution >= 4 is 52.5 Å². The van der Waals surface area contributed by atoms with E-state index in [1.807, 2.05) is 0 Å². The third-order valence-corrected chi connectivity index (χ3v) is 6.30. The molecule has 1 aromatic carbocycles. The highest BCUT2D eigenvalue weighted by atomic mass is 16.4. The van der Waals surface area contributed by atoms with Crippen molar-refractivity contribution in [1.29, 1.82) is 0 Å². The number of hydrogen-bond donors (Lipinski definition) is 10. The maximum Gasteiger partial charge on any atom is 0.326 e. The lowest BCUT2D eigenvalue weighted by Crippen LogP contribution is -2.57. The summed E-state index contributed by atoms with van der Waals surface area (Å²) in [5.41, 5.74) is 17.6. The maximum absolute atomic E-state index is 13.4. The number of aromatic amines is 1. The number of nitrogens with two attached hydrogens (primary N) is 3. The number of carbonyl (C=O) groups is 6. The number of nitrogens with zero attached hydrogens (tertiary/aromatic N) is 1. The predicted octanol–water partition coefficient (Wildman–Crippen LogP) is -2.03. The molecule has 0 spiro atoms. The van der Waals surface area contributed by atoms with Gasteiger partial charge >= 0.3 is 17.9 Å². The minimum absolute atomic E-state index is 0.0358. The third kappa shape index (κ3) is 11.3. The minimum Gasteiger partial charge on any atom is -0.481 e. The molecule has 0 aliphatic rings. The van der Waals surface area contributed by atoms with Gasteiger partial charge in [0.25, 0.3) is 0 Å². The summed E-state index contributed by atoms with van der Waals surface area (Å²) in [4.78, 5) is 79.9. The SMILES string of the molecule is NC(N)=NCCCC(NC(=O)C(N)CC(=O)O)C(=O)NC(Cc1c[nH]c2ccccc12)C(=O)NC(CCC(=O)O)C(=O)O. The van der Waals surface area contributed by atoms with Crippen molar-refractivity contribution in [2.75, 3.05) is 6.54 Å². The van der Waals surface area contributed by atoms with E-state index >= 15 is 0 Å². The first-order valence-corrected chi connectivity index (χ1v) is 13.2. The Morgan fingerprint density at radius 2 is 1.47 bits per heavy atom. The van der Waals surface area contributed by atoms with Crippen LogP contribution in [0.3, 0.4) is 0 Å². The Morgan fingerprint density at radius 3 is 2.09 bits per heavy atom. The molecule has 17 heteroatoms. The van der Waals surface area contributed by atoms with Crippen LogP contribution in [0.15, 0.2) is 35.5 Å². The summed E-state index contributed by atoms with van der Waals surface area (Å²) in [5.74, 6) is -6.94. The van der Waals surface area contributed by atoms with Crippen LogP contribution in [-0.2, 0) is 35.2 Å². The van der Waals surface area contributed by atoms with Crippen LogP contribution in [0.25, 0.3) is 10.9 Å². The quantitative estimate of drug-likeness (QED) is 0.0500. The van der Waals surface area contributed by atoms with Gasteiger partial charge in [0.2, 0.25) is 17.7 Å². The molecule has 0 bridgehead atoms. The van der Waals surface area contributed by atoms with Crippen LogP contribution >= 0.6 is 0 Å². The van der Waals surface area contributed by atoms with Crippen molar-refractivity contribution < 1.29 is 44.1 Å². The van der Waals surface area contributed by atoms with E-state index in [9.17, 15) is 33.9 Å². The van der Waals surface area contributed by atoms with Gasteiger partial charge in [0, 0.05) is 36.5 Å². The molecule has 4 unspecified atom stereocenters. The second-order valence-electron chi connectivity index (χ2n) is 9.67. The number of benzene rings is 1. The summed E-state index contributed by atoms with van der Waals surface area (Å²) in [5, 5.41) is 35.4. The second-order valence-corrected chi connectivity index (χ2v) is 9.67. The molecule has 1 heterocycles. The number of aliphatic carboxylic acids is 3. The fourth-order valence-corrected chi connectivity index (χ4v) is 4.13. The number of carboxylic acids is 3. The molecule has 0 aliphatic carbocycles. The van der Waals surface area contributed by atoms with Crippen LogP contribution in [0.4, 0.5) is 0 Å². The molecule has 43 heavy (non-hydrogen) atoms. The Labute approximate surface area is 245 Å². The van der Waals surface area contributed by atoms with Crippen LogP contribution in [0.1, 0.15) is 37.7 Å². The van der Waals surface area contributed by atoms with Crippen LogP contribution in [0.2, 0.25) is 0 Å². The number of fused-ring (bicyclic) bond motifs is 1. The van der Waals surface area contributed by atoms with Crippen molar-refractivity contribution in [3.05, 3.63) is 36.0 Å². The van der Waals surface area contributed by atoms with Crippen molar-refractivity contribution in [3.8, 4) is 0 Å². The molecule has 234 valence electrons. The van der Waals surface area contributed by atoms with E-state index in [1.165, 1.54) is 0 Å². The van der Waals surface area contributed by atoms with E-state index in [0.717, 1.165) is 10.9 Å². The second kappa shape index (κ2) is 16.3. The first-order valence-electron chi connectivity index (χ1n) is 13.2. The van der Waals surface area contributed by atoms with E-state index in [1.54, 1.807) is 30.5 Å². The zero-order valence-corrected chi connectivity index (χ0v) is 23.1. The first kappa shape index (κ1) is 34.0. The summed E-state index contributed by atoms with van der Waals surface area (Å²) in [6.07, 6.45) is 0.0284. The molecular formula is C26H36N8O9. The first-order chi connectivity index (χ1) is 20.3. The van der Waals surface area contributed by atoms with Gasteiger partial charge < -0.3 is 53.5 Å². The Bertz CT molecular complexity index is 1360. The Balaban J connectivity index is 2.34. The predicted molar refractivity (Wildman–Crippen MR) is 152 cm³/mol. The average molecular weight is 605 g/mol. The standard InChI is InChI=1S/C26H36N8O9/c27-15(11-21(37)38)22(39)32-17(6-3-9-30-26(28)29)23(40)34-19(10-13-12-31-16-5-2-1-4-14(13)16)24(41)33-18(25(42)43)7-8-20(35)36/h1-2,4-5,12,15,17-19,31H,3,6-11,27H2,(H,32,39)(H,33,41)(H,34,40)(H,35,36)(H,37,38)(H,42,43)(H4,28,29,30). The van der Waals surface area contributed by atoms with Crippen molar-refractivity contribution in [2.24, 2.45) is 22.2 Å². The average Bonchev–Trinajstić information content (AvgIpc) is 3.33. The van der Waals surface area contributed by atoms with Gasteiger partial charge in [0.15, 0.2) is 5.96 Å². The number of carboxylic acid groups (broad SMARTS) is 3. The Kier molecular flexibility index (Phi) is 12.9. The van der Waals surface area contributed by atoms with E-state index in [0.29, 0.717) is 5.56 Å². The number of aliphatic imine (C=N–C) groups is 1. The van der Waals surface area contributed by atoms with E-state index < -0.39 is 79.1 Å². The number of guanidine groups is 1. The van der Waals surface area contributed by atoms with Gasteiger partial charge in [-0.15, -0.1) is 0 Å². The van der Waals surface area contributed by atoms with E-state index in [-0.39, 0.29) is 31.8 Å². The highest BCUT2D eigenvalue weighted by molar-refractivity contribution is 5.95. The van der Waals surface area contributed by atoms with Gasteiger partial charge in [-0.2, -0.15) is 0 Å². The molecule has 1 aromatic heterocycles. The zero-order chi connectivity index (χ0) is 32.1. The molecule has 2 rings (SSSR count). The summed E-state index contributed by atoms with van der Waals surface area (Å²) in [6.45, 7) is 0.0896. The molecule has 4 atom stereocenters. The van der Waals surface area contributed by atoms with Gasteiger partial charge in [-0.05, 0) is 30.9 Å². The van der Waals surface area contributed by atoms with Crippen molar-refractivity contribution in [3.63, 3.8) is 0 Å². The van der Waals surface area contributed by atoms with Crippen molar-refractivity contribution in [2.45, 2.75) is 62.7 Å². The number of hydrogen-bond acceptors (Lipinski definition) is 8. The van der Waals surface area contributed by atoms with Crippen LogP contribution in [-0.4, -0.2) is 92.6 Å². The number of amides is 3. The van der Waals surface area contributed by atoms with E-state index in [2.05, 4.69) is 25.9 Å². The molecule has 13 N–H and O–H groups in total. The fraction of sp³-hybridized carbons (Fsp3) is 0.423. The van der Waals surface area contributed by atoms with Gasteiger partial charge in [0.1, 0.15) is 18.1 Å². The zero-order valence-electron chi connectivity index (χ0n) is 23.1. The maximum atomic E-state index is 13.4. The topological polar surface area (TPSA) is 305 Å². The number of carbonyl (C=O) groups excluding carboxylic acids is 3. The summed E-state index contributed by atoms with van der Waals surface area (Å²) >= 11 is 0. The monoisotopic (exact) mass is 604 g/mol. The summed E-state index contributed by atoms with van der Waals surface area (Å²) < 4.78 is 0. The molecule has 3 amide bonds. The molecular weight excluding hydrogens is 568 g/mol. The van der Waals surface area contributed by atoms with Gasteiger partial charge in [-0.25, -0.2) is 4.79 Å². The number of H-pyrrole nitrogens is 1. The molecule has 0 saturated heterocycles. The molecule has 0 aliphatic heterocycles. The third-order valence-electron chi connectivity index (χ3n) is 6.30. The number of aromatic nitrogens is 1. The van der Waals surface area contributed by atoms with Gasteiger partial charge in [-0.3, -0.25) is 29.0 Å². The summed E-state index contributed by atoms with van der Waals surface area (Å²) in [6, 6.07) is 1.42. The van der Waals surface area contributed by atoms with Crippen LogP contribution < -0.4 is 33.2 Å². The number of rotatable bonds is 18. The Morgan fingerprint density at radius 1 is 0.837 bits per heavy atom. The minimum atomic E-state index is -1.56. The lowest BCUT2D eigenvalue weighted by atomic mass is 10.0. The van der Waals surface area contributed by atoms with Crippen LogP contribution in [0, 0.1) is 0 Å². The van der Waals surface area contributed by atoms with E-state index in [4.69, 9.17) is 27.4 Å². The lowest BCUT2D eigenvalue weighted by Gasteiger charge is -2.25. The molecule has 0 radical (unpaired) electrons. The lowest BCUT2D eigenvalue weighted by molar-refractivity contribution is -0.143. The highest BCUT2D eigenvalue weighted by Gasteiger charge is 2.31. The normalized spacial score (nSPS) is 13.6. The molecule has 0 fully saturated rings. The number of para-hydroxylation sites is 1. The molecule has 0 saturated carbocycles. The van der Waals surface area contributed by atoms with Gasteiger partial charge in [-0.1, -0.05) is 18.2 Å². The van der Waals surface area contributed by atoms with Crippen LogP contribution in [0.5, 0.6) is 0 Å². The number of nitrogens with one attached hydrogen (secondary N) is 4. The summed E-state index contributed by atoms with van der Waals surface area (Å²) in [7, 11) is 0. The fourth-order valence-electron chi connectivity index (χ4n) is 4.13. The highest BCUT2D eigenvalue weighted by Crippen LogP contribution is 2.19. The molecule has 2 aromatic rings. The van der Waals surface area contributed by atoms with Crippen molar-refractivity contribution in [1.82, 2.24) is 20.9 Å². The largest absolute Gasteiger partial charge is 0.481 e. The van der Waals surface area contributed by atoms with Gasteiger partial charge in [0.05, 0.1) is 12.5 Å². The molecule has 17 nitrogen and oxygen atoms in total. The smallest absolute Gasteiger partial charge is 0.326 e.